The molecular weight excluding hydrogens is 387 g/mol. The highest BCUT2D eigenvalue weighted by Crippen LogP contribution is 2.20. The van der Waals surface area contributed by atoms with Crippen molar-refractivity contribution in [1.29, 1.82) is 0 Å². The van der Waals surface area contributed by atoms with Gasteiger partial charge in [0.1, 0.15) is 23.0 Å². The summed E-state index contributed by atoms with van der Waals surface area (Å²) in [7, 11) is 1.34. The molecule has 2 rings (SSSR count). The van der Waals surface area contributed by atoms with Crippen molar-refractivity contribution >= 4 is 7.69 Å². The SMILES string of the molecule is CCCCCCCOc1ccc(O[B]Oc2ccc(OCCCCCCC)cc2)cc1. The summed E-state index contributed by atoms with van der Waals surface area (Å²) >= 11 is 0. The van der Waals surface area contributed by atoms with Crippen LogP contribution in [0, 0.1) is 0 Å². The fourth-order valence-electron chi connectivity index (χ4n) is 3.16. The van der Waals surface area contributed by atoms with Gasteiger partial charge in [-0.05, 0) is 61.4 Å². The lowest BCUT2D eigenvalue weighted by Crippen LogP contribution is -2.10. The highest BCUT2D eigenvalue weighted by molar-refractivity contribution is 6.20. The zero-order chi connectivity index (χ0) is 22.0. The summed E-state index contributed by atoms with van der Waals surface area (Å²) in [5, 5.41) is 0. The van der Waals surface area contributed by atoms with Crippen LogP contribution in [-0.4, -0.2) is 20.9 Å². The molecule has 5 heteroatoms. The minimum absolute atomic E-state index is 0.707. The summed E-state index contributed by atoms with van der Waals surface area (Å²) in [5.41, 5.74) is 0. The molecule has 0 saturated heterocycles. The summed E-state index contributed by atoms with van der Waals surface area (Å²) in [6.45, 7) is 5.98. The van der Waals surface area contributed by atoms with E-state index in [9.17, 15) is 0 Å². The van der Waals surface area contributed by atoms with Crippen molar-refractivity contribution in [1.82, 2.24) is 0 Å². The Balaban J connectivity index is 1.57. The highest BCUT2D eigenvalue weighted by atomic mass is 16.6. The van der Waals surface area contributed by atoms with Crippen molar-refractivity contribution in [2.75, 3.05) is 13.2 Å². The van der Waals surface area contributed by atoms with Gasteiger partial charge < -0.3 is 18.8 Å². The van der Waals surface area contributed by atoms with Gasteiger partial charge in [0.15, 0.2) is 0 Å². The van der Waals surface area contributed by atoms with Gasteiger partial charge in [-0.1, -0.05) is 65.2 Å². The van der Waals surface area contributed by atoms with Crippen LogP contribution in [0.4, 0.5) is 0 Å². The summed E-state index contributed by atoms with van der Waals surface area (Å²) < 4.78 is 22.6. The van der Waals surface area contributed by atoms with Crippen molar-refractivity contribution < 1.29 is 18.8 Å². The minimum Gasteiger partial charge on any atom is -0.526 e. The molecule has 0 aliphatic heterocycles. The smallest absolute Gasteiger partial charge is 0.526 e. The van der Waals surface area contributed by atoms with E-state index < -0.39 is 0 Å². The average Bonchev–Trinajstić information content (AvgIpc) is 2.80. The lowest BCUT2D eigenvalue weighted by molar-refractivity contribution is 0.304. The van der Waals surface area contributed by atoms with Gasteiger partial charge in [0.25, 0.3) is 0 Å². The van der Waals surface area contributed by atoms with Crippen molar-refractivity contribution in [2.45, 2.75) is 78.1 Å². The first-order chi connectivity index (χ1) is 15.3. The van der Waals surface area contributed by atoms with Gasteiger partial charge in [-0.2, -0.15) is 0 Å². The zero-order valence-corrected chi connectivity index (χ0v) is 19.3. The van der Waals surface area contributed by atoms with Crippen LogP contribution in [0.3, 0.4) is 0 Å². The van der Waals surface area contributed by atoms with Crippen LogP contribution < -0.4 is 18.8 Å². The maximum Gasteiger partial charge on any atom is 0.658 e. The molecule has 2 aromatic carbocycles. The Morgan fingerprint density at radius 2 is 0.839 bits per heavy atom. The van der Waals surface area contributed by atoms with Crippen molar-refractivity contribution in [2.24, 2.45) is 0 Å². The van der Waals surface area contributed by atoms with Gasteiger partial charge in [-0.15, -0.1) is 0 Å². The summed E-state index contributed by atoms with van der Waals surface area (Å²) in [5.74, 6) is 3.14. The van der Waals surface area contributed by atoms with E-state index in [1.165, 1.54) is 59.1 Å². The fraction of sp³-hybridized carbons (Fsp3) is 0.538. The molecule has 169 valence electrons. The molecule has 0 bridgehead atoms. The average molecular weight is 425 g/mol. The van der Waals surface area contributed by atoms with Crippen molar-refractivity contribution in [3.63, 3.8) is 0 Å². The number of ether oxygens (including phenoxy) is 2. The lowest BCUT2D eigenvalue weighted by atomic mass is 10.2. The second kappa shape index (κ2) is 16.4. The van der Waals surface area contributed by atoms with Crippen molar-refractivity contribution in [3.05, 3.63) is 48.5 Å². The number of hydrogen-bond donors (Lipinski definition) is 0. The molecule has 0 atom stereocenters. The number of unbranched alkanes of at least 4 members (excludes halogenated alkanes) is 8. The molecular formula is C26H38BO4. The predicted octanol–water partition coefficient (Wildman–Crippen LogP) is 7.38. The standard InChI is InChI=1S/C26H38BO4/c1-3-5-7-9-11-21-28-23-13-17-25(18-14-23)30-27-31-26-19-15-24(16-20-26)29-22-12-10-8-6-4-2/h13-20H,3-12,21-22H2,1-2H3. The van der Waals surface area contributed by atoms with Gasteiger partial charge in [0.2, 0.25) is 0 Å². The first-order valence-electron chi connectivity index (χ1n) is 11.9. The molecule has 0 unspecified atom stereocenters. The topological polar surface area (TPSA) is 36.9 Å². The minimum atomic E-state index is 0.707. The molecule has 31 heavy (non-hydrogen) atoms. The maximum atomic E-state index is 5.77. The van der Waals surface area contributed by atoms with E-state index in [4.69, 9.17) is 18.8 Å². The molecule has 0 aliphatic carbocycles. The van der Waals surface area contributed by atoms with E-state index in [1.54, 1.807) is 0 Å². The Kier molecular flexibility index (Phi) is 13.2. The van der Waals surface area contributed by atoms with E-state index in [2.05, 4.69) is 13.8 Å². The summed E-state index contributed by atoms with van der Waals surface area (Å²) in [6, 6.07) is 15.2. The molecule has 2 aromatic rings. The summed E-state index contributed by atoms with van der Waals surface area (Å²) in [6.07, 6.45) is 12.4. The van der Waals surface area contributed by atoms with Crippen LogP contribution in [0.5, 0.6) is 23.0 Å². The van der Waals surface area contributed by atoms with Gasteiger partial charge in [0.05, 0.1) is 13.2 Å². The maximum absolute atomic E-state index is 5.77. The van der Waals surface area contributed by atoms with Gasteiger partial charge >= 0.3 is 7.69 Å². The Bertz CT molecular complexity index is 613. The Morgan fingerprint density at radius 3 is 1.23 bits per heavy atom. The van der Waals surface area contributed by atoms with E-state index in [-0.39, 0.29) is 0 Å². The van der Waals surface area contributed by atoms with Crippen LogP contribution in [0.15, 0.2) is 48.5 Å². The van der Waals surface area contributed by atoms with Crippen LogP contribution in [0.2, 0.25) is 0 Å². The monoisotopic (exact) mass is 425 g/mol. The van der Waals surface area contributed by atoms with Gasteiger partial charge in [-0.3, -0.25) is 0 Å². The first-order valence-corrected chi connectivity index (χ1v) is 11.9. The second-order valence-electron chi connectivity index (χ2n) is 7.80. The summed E-state index contributed by atoms with van der Waals surface area (Å²) in [4.78, 5) is 0. The van der Waals surface area contributed by atoms with Crippen molar-refractivity contribution in [3.8, 4) is 23.0 Å². The molecule has 0 saturated carbocycles. The van der Waals surface area contributed by atoms with E-state index in [1.807, 2.05) is 48.5 Å². The largest absolute Gasteiger partial charge is 0.658 e. The van der Waals surface area contributed by atoms with Crippen LogP contribution >= 0.6 is 0 Å². The van der Waals surface area contributed by atoms with E-state index in [0.717, 1.165) is 37.6 Å². The lowest BCUT2D eigenvalue weighted by Gasteiger charge is -2.10. The van der Waals surface area contributed by atoms with Gasteiger partial charge in [0, 0.05) is 0 Å². The molecule has 0 aliphatic rings. The molecule has 4 nitrogen and oxygen atoms in total. The third-order valence-corrected chi connectivity index (χ3v) is 5.05. The Labute approximate surface area is 189 Å². The molecule has 0 amide bonds. The predicted molar refractivity (Wildman–Crippen MR) is 128 cm³/mol. The normalized spacial score (nSPS) is 10.5. The first kappa shape index (κ1) is 25.0. The molecule has 0 spiro atoms. The number of rotatable bonds is 18. The van der Waals surface area contributed by atoms with Gasteiger partial charge in [-0.25, -0.2) is 0 Å². The molecule has 0 heterocycles. The highest BCUT2D eigenvalue weighted by Gasteiger charge is 2.03. The quantitative estimate of drug-likeness (QED) is 0.184. The molecule has 0 aromatic heterocycles. The Hall–Kier alpha value is -2.30. The van der Waals surface area contributed by atoms with Crippen LogP contribution in [0.25, 0.3) is 0 Å². The van der Waals surface area contributed by atoms with E-state index in [0.29, 0.717) is 11.5 Å². The molecule has 1 radical (unpaired) electrons. The molecule has 0 N–H and O–H groups in total. The fourth-order valence-corrected chi connectivity index (χ4v) is 3.16. The number of benzene rings is 2. The zero-order valence-electron chi connectivity index (χ0n) is 19.3. The Morgan fingerprint density at radius 1 is 0.484 bits per heavy atom. The third kappa shape index (κ3) is 11.6. The second-order valence-corrected chi connectivity index (χ2v) is 7.80. The number of hydrogen-bond acceptors (Lipinski definition) is 4. The van der Waals surface area contributed by atoms with Crippen LogP contribution in [-0.2, 0) is 0 Å². The van der Waals surface area contributed by atoms with E-state index >= 15 is 0 Å². The third-order valence-electron chi connectivity index (χ3n) is 5.05. The molecule has 0 fully saturated rings. The van der Waals surface area contributed by atoms with Crippen LogP contribution in [0.1, 0.15) is 78.1 Å².